The lowest BCUT2D eigenvalue weighted by molar-refractivity contribution is -0.133. The maximum atomic E-state index is 12.1. The molecule has 122 valence electrons. The van der Waals surface area contributed by atoms with E-state index >= 15 is 0 Å². The van der Waals surface area contributed by atoms with Crippen molar-refractivity contribution < 1.29 is 18.0 Å². The van der Waals surface area contributed by atoms with E-state index in [0.29, 0.717) is 25.9 Å². The minimum atomic E-state index is -3.48. The van der Waals surface area contributed by atoms with Gasteiger partial charge in [0, 0.05) is 20.1 Å². The first kappa shape index (κ1) is 16.3. The molecule has 2 amide bonds. The van der Waals surface area contributed by atoms with Gasteiger partial charge in [0.1, 0.15) is 18.6 Å². The van der Waals surface area contributed by atoms with Crippen molar-refractivity contribution in [2.45, 2.75) is 24.6 Å². The largest absolute Gasteiger partial charge is 0.358 e. The Hall–Kier alpha value is -2.04. The Labute approximate surface area is 127 Å². The molecule has 0 aromatic carbocycles. The van der Waals surface area contributed by atoms with Crippen LogP contribution >= 0.6 is 0 Å². The Morgan fingerprint density at radius 3 is 2.55 bits per heavy atom. The third-order valence-electron chi connectivity index (χ3n) is 3.60. The Balaban J connectivity index is 1.87. The number of aromatic nitrogens is 4. The summed E-state index contributed by atoms with van der Waals surface area (Å²) in [5.41, 5.74) is 0. The molecule has 10 nitrogen and oxygen atoms in total. The lowest BCUT2D eigenvalue weighted by Gasteiger charge is -2.31. The summed E-state index contributed by atoms with van der Waals surface area (Å²) in [5.74, 6) is -1.18. The van der Waals surface area contributed by atoms with E-state index in [4.69, 9.17) is 0 Å². The monoisotopic (exact) mass is 330 g/mol. The number of sulfone groups is 1. The quantitative estimate of drug-likeness (QED) is 0.650. The number of hydrogen-bond acceptors (Lipinski definition) is 7. The van der Waals surface area contributed by atoms with Crippen molar-refractivity contribution in [2.75, 3.05) is 25.9 Å². The normalized spacial score (nSPS) is 16.5. The zero-order valence-electron chi connectivity index (χ0n) is 12.2. The molecule has 22 heavy (non-hydrogen) atoms. The molecular formula is C11H18N6O4S. The Kier molecular flexibility index (Phi) is 5.06. The van der Waals surface area contributed by atoms with Gasteiger partial charge in [-0.25, -0.2) is 13.1 Å². The van der Waals surface area contributed by atoms with Crippen LogP contribution in [0.1, 0.15) is 12.8 Å². The van der Waals surface area contributed by atoms with Crippen LogP contribution in [0.15, 0.2) is 6.33 Å². The standard InChI is InChI=1S/C11H18N6O4S/c1-12-10(18)7-22(20,21)9-2-4-16(5-3-9)11(19)6-17-8-13-14-15-17/h8-9H,2-7H2,1H3,(H,12,18). The molecule has 0 spiro atoms. The highest BCUT2D eigenvalue weighted by Crippen LogP contribution is 2.19. The number of piperidine rings is 1. The summed E-state index contributed by atoms with van der Waals surface area (Å²) >= 11 is 0. The van der Waals surface area contributed by atoms with E-state index in [-0.39, 0.29) is 12.5 Å². The van der Waals surface area contributed by atoms with Crippen molar-refractivity contribution >= 4 is 21.7 Å². The molecule has 1 aliphatic rings. The molecule has 0 aliphatic carbocycles. The third-order valence-corrected chi connectivity index (χ3v) is 5.75. The number of carbonyl (C=O) groups is 2. The number of amides is 2. The number of nitrogens with one attached hydrogen (secondary N) is 1. The number of rotatable bonds is 5. The molecule has 11 heteroatoms. The van der Waals surface area contributed by atoms with Crippen LogP contribution in [0.5, 0.6) is 0 Å². The van der Waals surface area contributed by atoms with E-state index in [2.05, 4.69) is 20.8 Å². The summed E-state index contributed by atoms with van der Waals surface area (Å²) in [7, 11) is -2.08. The van der Waals surface area contributed by atoms with Gasteiger partial charge in [0.05, 0.1) is 5.25 Å². The molecule has 0 atom stereocenters. The van der Waals surface area contributed by atoms with Crippen molar-refractivity contribution in [1.29, 1.82) is 0 Å². The van der Waals surface area contributed by atoms with E-state index in [1.165, 1.54) is 18.1 Å². The molecular weight excluding hydrogens is 312 g/mol. The second kappa shape index (κ2) is 6.81. The highest BCUT2D eigenvalue weighted by molar-refractivity contribution is 7.92. The van der Waals surface area contributed by atoms with Gasteiger partial charge in [-0.15, -0.1) is 5.10 Å². The molecule has 1 aromatic rings. The Bertz CT molecular complexity index is 621. The zero-order chi connectivity index (χ0) is 16.2. The Morgan fingerprint density at radius 1 is 1.32 bits per heavy atom. The molecule has 2 heterocycles. The first-order valence-electron chi connectivity index (χ1n) is 6.83. The van der Waals surface area contributed by atoms with Crippen LogP contribution in [0.25, 0.3) is 0 Å². The molecule has 0 radical (unpaired) electrons. The molecule has 1 saturated heterocycles. The third kappa shape index (κ3) is 4.00. The van der Waals surface area contributed by atoms with Crippen LogP contribution in [0.3, 0.4) is 0 Å². The maximum Gasteiger partial charge on any atom is 0.244 e. The first-order chi connectivity index (χ1) is 10.4. The van der Waals surface area contributed by atoms with Gasteiger partial charge in [-0.1, -0.05) is 0 Å². The number of nitrogens with zero attached hydrogens (tertiary/aromatic N) is 5. The predicted molar refractivity (Wildman–Crippen MR) is 75.3 cm³/mol. The second-order valence-electron chi connectivity index (χ2n) is 5.07. The molecule has 0 unspecified atom stereocenters. The van der Waals surface area contributed by atoms with Crippen molar-refractivity contribution in [3.8, 4) is 0 Å². The van der Waals surface area contributed by atoms with Gasteiger partial charge in [0.25, 0.3) is 0 Å². The van der Waals surface area contributed by atoms with E-state index in [9.17, 15) is 18.0 Å². The van der Waals surface area contributed by atoms with E-state index < -0.39 is 26.7 Å². The number of hydrogen-bond donors (Lipinski definition) is 1. The van der Waals surface area contributed by atoms with Crippen molar-refractivity contribution in [1.82, 2.24) is 30.4 Å². The van der Waals surface area contributed by atoms with Crippen molar-refractivity contribution in [2.24, 2.45) is 0 Å². The van der Waals surface area contributed by atoms with Gasteiger partial charge in [-0.05, 0) is 23.3 Å². The van der Waals surface area contributed by atoms with E-state index in [1.807, 2.05) is 0 Å². The fraction of sp³-hybridized carbons (Fsp3) is 0.727. The summed E-state index contributed by atoms with van der Waals surface area (Å²) in [5, 5.41) is 12.2. The van der Waals surface area contributed by atoms with Crippen LogP contribution in [0, 0.1) is 0 Å². The van der Waals surface area contributed by atoms with Gasteiger partial charge >= 0.3 is 0 Å². The van der Waals surface area contributed by atoms with Crippen LogP contribution in [0.4, 0.5) is 0 Å². The van der Waals surface area contributed by atoms with Crippen LogP contribution in [0.2, 0.25) is 0 Å². The second-order valence-corrected chi connectivity index (χ2v) is 7.35. The topological polar surface area (TPSA) is 127 Å². The lowest BCUT2D eigenvalue weighted by atomic mass is 10.1. The molecule has 1 aromatic heterocycles. The number of likely N-dealkylation sites (tertiary alicyclic amines) is 1. The van der Waals surface area contributed by atoms with Gasteiger partial charge in [0.2, 0.25) is 11.8 Å². The van der Waals surface area contributed by atoms with Gasteiger partial charge < -0.3 is 10.2 Å². The molecule has 0 saturated carbocycles. The SMILES string of the molecule is CNC(=O)CS(=O)(=O)C1CCN(C(=O)Cn2cnnn2)CC1. The minimum Gasteiger partial charge on any atom is -0.358 e. The van der Waals surface area contributed by atoms with Gasteiger partial charge in [-0.3, -0.25) is 9.59 Å². The minimum absolute atomic E-state index is 0.0304. The summed E-state index contributed by atoms with van der Waals surface area (Å²) in [6.07, 6.45) is 2.01. The predicted octanol–water partition coefficient (Wildman–Crippen LogP) is -2.18. The van der Waals surface area contributed by atoms with Crippen LogP contribution in [-0.2, 0) is 26.0 Å². The molecule has 2 rings (SSSR count). The summed E-state index contributed by atoms with van der Waals surface area (Å²) in [6, 6.07) is 0. The molecule has 1 N–H and O–H groups in total. The van der Waals surface area contributed by atoms with E-state index in [1.54, 1.807) is 4.90 Å². The molecule has 0 bridgehead atoms. The van der Waals surface area contributed by atoms with Gasteiger partial charge in [-0.2, -0.15) is 0 Å². The number of carbonyl (C=O) groups excluding carboxylic acids is 2. The zero-order valence-corrected chi connectivity index (χ0v) is 13.0. The smallest absolute Gasteiger partial charge is 0.244 e. The molecule has 1 aliphatic heterocycles. The lowest BCUT2D eigenvalue weighted by Crippen LogP contribution is -2.45. The fourth-order valence-electron chi connectivity index (χ4n) is 2.33. The number of tetrazole rings is 1. The highest BCUT2D eigenvalue weighted by Gasteiger charge is 2.32. The highest BCUT2D eigenvalue weighted by atomic mass is 32.2. The van der Waals surface area contributed by atoms with Crippen molar-refractivity contribution in [3.63, 3.8) is 0 Å². The summed E-state index contributed by atoms with van der Waals surface area (Å²) < 4.78 is 25.5. The first-order valence-corrected chi connectivity index (χ1v) is 8.54. The maximum absolute atomic E-state index is 12.1. The van der Waals surface area contributed by atoms with Crippen molar-refractivity contribution in [3.05, 3.63) is 6.33 Å². The summed E-state index contributed by atoms with van der Waals surface area (Å²) in [6.45, 7) is 0.722. The van der Waals surface area contributed by atoms with Gasteiger partial charge in [0.15, 0.2) is 9.84 Å². The van der Waals surface area contributed by atoms with Crippen LogP contribution < -0.4 is 5.32 Å². The van der Waals surface area contributed by atoms with E-state index in [0.717, 1.165) is 0 Å². The van der Waals surface area contributed by atoms with Crippen LogP contribution in [-0.4, -0.2) is 76.5 Å². The fourth-order valence-corrected chi connectivity index (χ4v) is 4.00. The average Bonchev–Trinajstić information content (AvgIpc) is 2.99. The summed E-state index contributed by atoms with van der Waals surface area (Å²) in [4.78, 5) is 24.9. The molecule has 1 fully saturated rings. The Morgan fingerprint density at radius 2 is 2.00 bits per heavy atom. The average molecular weight is 330 g/mol.